The molecule has 20 heavy (non-hydrogen) atoms. The molecule has 0 spiro atoms. The van der Waals surface area contributed by atoms with Gasteiger partial charge in [0.2, 0.25) is 0 Å². The fourth-order valence-electron chi connectivity index (χ4n) is 1.45. The van der Waals surface area contributed by atoms with Crippen LogP contribution in [0.1, 0.15) is 24.3 Å². The van der Waals surface area contributed by atoms with Gasteiger partial charge in [0.1, 0.15) is 13.2 Å². The summed E-state index contributed by atoms with van der Waals surface area (Å²) >= 11 is 1.52. The number of nitrogens with one attached hydrogen (secondary N) is 2. The number of ether oxygens (including phenoxy) is 1. The van der Waals surface area contributed by atoms with Crippen LogP contribution in [0.15, 0.2) is 17.5 Å². The Bertz CT molecular complexity index is 460. The quantitative estimate of drug-likeness (QED) is 0.700. The standard InChI is InChI=1S/C12H16N2O5S/c1-2-8(9-4-3-5-20-9)13-12(18)14-10(15)6-19-7-11(16)17/h3-5,8H,2,6-7H2,1H3,(H,16,17)(H2,13,14,15,18). The lowest BCUT2D eigenvalue weighted by Crippen LogP contribution is -2.42. The van der Waals surface area contributed by atoms with E-state index in [1.54, 1.807) is 0 Å². The van der Waals surface area contributed by atoms with Crippen molar-refractivity contribution < 1.29 is 24.2 Å². The van der Waals surface area contributed by atoms with E-state index < -0.39 is 31.1 Å². The van der Waals surface area contributed by atoms with Crippen LogP contribution in [-0.4, -0.2) is 36.2 Å². The fourth-order valence-corrected chi connectivity index (χ4v) is 2.31. The number of carbonyl (C=O) groups is 3. The lowest BCUT2D eigenvalue weighted by Gasteiger charge is -2.15. The first-order valence-corrected chi connectivity index (χ1v) is 6.84. The Kier molecular flexibility index (Phi) is 6.68. The summed E-state index contributed by atoms with van der Waals surface area (Å²) in [6.45, 7) is 0.861. The van der Waals surface area contributed by atoms with Crippen LogP contribution < -0.4 is 10.6 Å². The Balaban J connectivity index is 2.35. The number of urea groups is 1. The summed E-state index contributed by atoms with van der Waals surface area (Å²) < 4.78 is 4.57. The minimum absolute atomic E-state index is 0.164. The second-order valence-corrected chi connectivity index (χ2v) is 4.86. The van der Waals surface area contributed by atoms with Crippen molar-refractivity contribution >= 4 is 29.2 Å². The van der Waals surface area contributed by atoms with E-state index in [2.05, 4.69) is 15.4 Å². The third kappa shape index (κ3) is 5.81. The second kappa shape index (κ2) is 8.28. The summed E-state index contributed by atoms with van der Waals surface area (Å²) in [5.74, 6) is -1.87. The average molecular weight is 300 g/mol. The van der Waals surface area contributed by atoms with Gasteiger partial charge in [-0.3, -0.25) is 10.1 Å². The van der Waals surface area contributed by atoms with Crippen molar-refractivity contribution in [2.24, 2.45) is 0 Å². The van der Waals surface area contributed by atoms with E-state index in [0.717, 1.165) is 4.88 Å². The van der Waals surface area contributed by atoms with E-state index in [1.165, 1.54) is 11.3 Å². The average Bonchev–Trinajstić information content (AvgIpc) is 2.89. The summed E-state index contributed by atoms with van der Waals surface area (Å²) in [4.78, 5) is 34.1. The van der Waals surface area contributed by atoms with Gasteiger partial charge in [0.15, 0.2) is 0 Å². The Morgan fingerprint density at radius 2 is 2.15 bits per heavy atom. The third-order valence-electron chi connectivity index (χ3n) is 2.31. The molecule has 3 amide bonds. The number of amides is 3. The molecule has 1 heterocycles. The highest BCUT2D eigenvalue weighted by atomic mass is 32.1. The zero-order chi connectivity index (χ0) is 15.0. The van der Waals surface area contributed by atoms with Crippen molar-refractivity contribution in [2.45, 2.75) is 19.4 Å². The largest absolute Gasteiger partial charge is 0.480 e. The van der Waals surface area contributed by atoms with Gasteiger partial charge in [-0.25, -0.2) is 9.59 Å². The van der Waals surface area contributed by atoms with Crippen LogP contribution in [0.4, 0.5) is 4.79 Å². The maximum absolute atomic E-state index is 11.6. The molecule has 1 aromatic rings. The molecule has 0 bridgehead atoms. The lowest BCUT2D eigenvalue weighted by molar-refractivity contribution is -0.143. The minimum atomic E-state index is -1.18. The van der Waals surface area contributed by atoms with E-state index in [0.29, 0.717) is 6.42 Å². The minimum Gasteiger partial charge on any atom is -0.480 e. The van der Waals surface area contributed by atoms with Gasteiger partial charge < -0.3 is 15.2 Å². The molecule has 110 valence electrons. The van der Waals surface area contributed by atoms with Gasteiger partial charge in [0, 0.05) is 4.88 Å². The van der Waals surface area contributed by atoms with Crippen molar-refractivity contribution in [3.63, 3.8) is 0 Å². The number of imide groups is 1. The molecule has 1 rings (SSSR count). The van der Waals surface area contributed by atoms with Gasteiger partial charge in [0.05, 0.1) is 6.04 Å². The highest BCUT2D eigenvalue weighted by molar-refractivity contribution is 7.10. The predicted octanol–water partition coefficient (Wildman–Crippen LogP) is 1.13. The molecule has 0 fully saturated rings. The molecule has 0 aromatic carbocycles. The van der Waals surface area contributed by atoms with Gasteiger partial charge >= 0.3 is 12.0 Å². The molecular formula is C12H16N2O5S. The number of rotatable bonds is 7. The zero-order valence-electron chi connectivity index (χ0n) is 10.9. The molecule has 0 radical (unpaired) electrons. The molecule has 0 saturated carbocycles. The van der Waals surface area contributed by atoms with Crippen LogP contribution in [0.2, 0.25) is 0 Å². The van der Waals surface area contributed by atoms with Crippen LogP contribution in [0, 0.1) is 0 Å². The highest BCUT2D eigenvalue weighted by Crippen LogP contribution is 2.21. The molecule has 3 N–H and O–H groups in total. The van der Waals surface area contributed by atoms with E-state index in [9.17, 15) is 14.4 Å². The topological polar surface area (TPSA) is 105 Å². The Labute approximate surface area is 119 Å². The van der Waals surface area contributed by atoms with Crippen LogP contribution in [0.3, 0.4) is 0 Å². The van der Waals surface area contributed by atoms with E-state index in [4.69, 9.17) is 5.11 Å². The van der Waals surface area contributed by atoms with Gasteiger partial charge in [0.25, 0.3) is 5.91 Å². The van der Waals surface area contributed by atoms with Crippen molar-refractivity contribution in [1.29, 1.82) is 0 Å². The summed E-state index contributed by atoms with van der Waals surface area (Å²) in [5, 5.41) is 15.0. The monoisotopic (exact) mass is 300 g/mol. The smallest absolute Gasteiger partial charge is 0.329 e. The number of hydrogen-bond acceptors (Lipinski definition) is 5. The first-order valence-electron chi connectivity index (χ1n) is 5.96. The number of carboxylic acid groups (broad SMARTS) is 1. The first-order chi connectivity index (χ1) is 9.52. The third-order valence-corrected chi connectivity index (χ3v) is 3.30. The molecule has 0 aliphatic rings. The van der Waals surface area contributed by atoms with Crippen LogP contribution in [0.25, 0.3) is 0 Å². The van der Waals surface area contributed by atoms with Crippen molar-refractivity contribution in [3.05, 3.63) is 22.4 Å². The lowest BCUT2D eigenvalue weighted by atomic mass is 10.2. The predicted molar refractivity (Wildman–Crippen MR) is 72.5 cm³/mol. The van der Waals surface area contributed by atoms with Crippen molar-refractivity contribution in [2.75, 3.05) is 13.2 Å². The van der Waals surface area contributed by atoms with Gasteiger partial charge in [-0.15, -0.1) is 11.3 Å². The second-order valence-electron chi connectivity index (χ2n) is 3.88. The highest BCUT2D eigenvalue weighted by Gasteiger charge is 2.15. The summed E-state index contributed by atoms with van der Waals surface area (Å²) in [7, 11) is 0. The van der Waals surface area contributed by atoms with E-state index in [-0.39, 0.29) is 6.04 Å². The number of carboxylic acids is 1. The number of aliphatic carboxylic acids is 1. The summed E-state index contributed by atoms with van der Waals surface area (Å²) in [5.41, 5.74) is 0. The fraction of sp³-hybridized carbons (Fsp3) is 0.417. The Morgan fingerprint density at radius 1 is 1.40 bits per heavy atom. The molecule has 7 nitrogen and oxygen atoms in total. The summed E-state index contributed by atoms with van der Waals surface area (Å²) in [6, 6.07) is 2.99. The first kappa shape index (κ1) is 16.1. The molecule has 1 atom stereocenters. The molecule has 0 saturated heterocycles. The van der Waals surface area contributed by atoms with Crippen molar-refractivity contribution in [3.8, 4) is 0 Å². The zero-order valence-corrected chi connectivity index (χ0v) is 11.7. The molecule has 8 heteroatoms. The molecule has 1 unspecified atom stereocenters. The SMILES string of the molecule is CCC(NC(=O)NC(=O)COCC(=O)O)c1cccs1. The molecule has 0 aliphatic carbocycles. The normalized spacial score (nSPS) is 11.7. The maximum atomic E-state index is 11.6. The Morgan fingerprint density at radius 3 is 2.70 bits per heavy atom. The van der Waals surface area contributed by atoms with E-state index in [1.807, 2.05) is 24.4 Å². The molecule has 1 aromatic heterocycles. The molecule has 0 aliphatic heterocycles. The van der Waals surface area contributed by atoms with Gasteiger partial charge in [-0.2, -0.15) is 0 Å². The van der Waals surface area contributed by atoms with Gasteiger partial charge in [-0.05, 0) is 17.9 Å². The van der Waals surface area contributed by atoms with Crippen LogP contribution in [-0.2, 0) is 14.3 Å². The van der Waals surface area contributed by atoms with Crippen LogP contribution >= 0.6 is 11.3 Å². The maximum Gasteiger partial charge on any atom is 0.329 e. The molecular weight excluding hydrogens is 284 g/mol. The summed E-state index contributed by atoms with van der Waals surface area (Å²) in [6.07, 6.45) is 0.692. The van der Waals surface area contributed by atoms with Gasteiger partial charge in [-0.1, -0.05) is 13.0 Å². The number of hydrogen-bond donors (Lipinski definition) is 3. The van der Waals surface area contributed by atoms with E-state index >= 15 is 0 Å². The van der Waals surface area contributed by atoms with Crippen molar-refractivity contribution in [1.82, 2.24) is 10.6 Å². The number of carbonyl (C=O) groups excluding carboxylic acids is 2. The Hall–Kier alpha value is -1.93. The van der Waals surface area contributed by atoms with Crippen LogP contribution in [0.5, 0.6) is 0 Å². The number of thiophene rings is 1.